The third kappa shape index (κ3) is 1.94. The highest BCUT2D eigenvalue weighted by Gasteiger charge is 2.69. The van der Waals surface area contributed by atoms with Gasteiger partial charge in [-0.15, -0.1) is 0 Å². The number of benzene rings is 1. The zero-order chi connectivity index (χ0) is 18.7. The molecule has 6 nitrogen and oxygen atoms in total. The van der Waals surface area contributed by atoms with Crippen molar-refractivity contribution < 1.29 is 27.8 Å². The lowest BCUT2D eigenvalue weighted by Crippen LogP contribution is -2.53. The third-order valence-electron chi connectivity index (χ3n) is 4.28. The smallest absolute Gasteiger partial charge is 0.414 e. The number of nitriles is 1. The predicted molar refractivity (Wildman–Crippen MR) is 80.6 cm³/mol. The van der Waals surface area contributed by atoms with Crippen LogP contribution < -0.4 is 10.5 Å². The molecule has 2 heterocycles. The Kier molecular flexibility index (Phi) is 3.29. The Bertz CT molecular complexity index is 998. The standard InChI is InChI=1S/C16H12F3N3O3/c1-6-3-7(2)11-8(4-6)10-13(22-11)25-12(21)9(5-20)15(10,14(23)24)16(17,18)19/h3-4,22H,21H2,1-2H3,(H,23,24). The molecule has 9 heteroatoms. The van der Waals surface area contributed by atoms with Crippen molar-refractivity contribution in [3.8, 4) is 11.9 Å². The summed E-state index contributed by atoms with van der Waals surface area (Å²) in [5.74, 6) is -3.57. The first-order valence-electron chi connectivity index (χ1n) is 7.07. The van der Waals surface area contributed by atoms with Gasteiger partial charge >= 0.3 is 12.1 Å². The number of hydrogen-bond acceptors (Lipinski definition) is 4. The molecule has 4 N–H and O–H groups in total. The predicted octanol–water partition coefficient (Wildman–Crippen LogP) is 2.76. The Balaban J connectivity index is 2.59. The number of nitrogens with zero attached hydrogens (tertiary/aromatic N) is 1. The van der Waals surface area contributed by atoms with Gasteiger partial charge < -0.3 is 20.6 Å². The Morgan fingerprint density at radius 1 is 1.40 bits per heavy atom. The molecule has 1 atom stereocenters. The maximum Gasteiger partial charge on any atom is 0.414 e. The van der Waals surface area contributed by atoms with Crippen molar-refractivity contribution in [3.63, 3.8) is 0 Å². The first kappa shape index (κ1) is 16.7. The maximum absolute atomic E-state index is 14.1. The number of ether oxygens (including phenoxy) is 1. The molecule has 0 aliphatic carbocycles. The van der Waals surface area contributed by atoms with Gasteiger partial charge in [-0.25, -0.2) is 0 Å². The van der Waals surface area contributed by atoms with Gasteiger partial charge in [0.1, 0.15) is 11.6 Å². The van der Waals surface area contributed by atoms with Gasteiger partial charge in [-0.3, -0.25) is 4.79 Å². The molecule has 0 spiro atoms. The molecule has 1 aromatic carbocycles. The fourth-order valence-electron chi connectivity index (χ4n) is 3.31. The molecule has 0 radical (unpaired) electrons. The Labute approximate surface area is 139 Å². The lowest BCUT2D eigenvalue weighted by molar-refractivity contribution is -0.197. The number of carbonyl (C=O) groups is 1. The number of nitrogens with one attached hydrogen (secondary N) is 1. The number of aryl methyl sites for hydroxylation is 2. The number of halogens is 3. The first-order chi connectivity index (χ1) is 11.6. The van der Waals surface area contributed by atoms with Gasteiger partial charge in [0, 0.05) is 5.39 Å². The van der Waals surface area contributed by atoms with E-state index in [1.165, 1.54) is 12.1 Å². The van der Waals surface area contributed by atoms with E-state index >= 15 is 0 Å². The molecule has 1 aliphatic heterocycles. The minimum atomic E-state index is -5.32. The van der Waals surface area contributed by atoms with Crippen LogP contribution in [0.15, 0.2) is 23.6 Å². The van der Waals surface area contributed by atoms with Crippen LogP contribution in [-0.4, -0.2) is 22.2 Å². The van der Waals surface area contributed by atoms with Gasteiger partial charge in [-0.1, -0.05) is 11.6 Å². The van der Waals surface area contributed by atoms with E-state index in [0.717, 1.165) is 0 Å². The molecule has 130 valence electrons. The summed E-state index contributed by atoms with van der Waals surface area (Å²) in [6.45, 7) is 3.33. The van der Waals surface area contributed by atoms with Gasteiger partial charge in [0.2, 0.25) is 17.2 Å². The minimum Gasteiger partial charge on any atom is -0.480 e. The molecule has 3 rings (SSSR count). The number of fused-ring (bicyclic) bond motifs is 3. The van der Waals surface area contributed by atoms with Crippen molar-refractivity contribution in [2.24, 2.45) is 5.73 Å². The second-order valence-electron chi connectivity index (χ2n) is 5.84. The lowest BCUT2D eigenvalue weighted by Gasteiger charge is -2.34. The largest absolute Gasteiger partial charge is 0.480 e. The topological polar surface area (TPSA) is 112 Å². The molecular weight excluding hydrogens is 339 g/mol. The van der Waals surface area contributed by atoms with Gasteiger partial charge in [0.25, 0.3) is 0 Å². The number of aromatic nitrogens is 1. The van der Waals surface area contributed by atoms with Crippen molar-refractivity contribution in [1.82, 2.24) is 4.98 Å². The zero-order valence-electron chi connectivity index (χ0n) is 13.1. The number of aromatic amines is 1. The summed E-state index contributed by atoms with van der Waals surface area (Å²) in [4.78, 5) is 14.5. The van der Waals surface area contributed by atoms with Crippen LogP contribution in [-0.2, 0) is 10.2 Å². The zero-order valence-corrected chi connectivity index (χ0v) is 13.1. The summed E-state index contributed by atoms with van der Waals surface area (Å²) in [5.41, 5.74) is 1.51. The number of alkyl halides is 3. The van der Waals surface area contributed by atoms with Crippen LogP contribution >= 0.6 is 0 Å². The number of hydrogen-bond donors (Lipinski definition) is 3. The van der Waals surface area contributed by atoms with Crippen LogP contribution in [0.2, 0.25) is 0 Å². The number of aliphatic carboxylic acids is 1. The Morgan fingerprint density at radius 3 is 2.56 bits per heavy atom. The highest BCUT2D eigenvalue weighted by molar-refractivity contribution is 6.00. The highest BCUT2D eigenvalue weighted by Crippen LogP contribution is 2.55. The molecule has 0 fully saturated rings. The van der Waals surface area contributed by atoms with Crippen molar-refractivity contribution in [2.75, 3.05) is 0 Å². The van der Waals surface area contributed by atoms with Crippen LogP contribution in [0, 0.1) is 25.2 Å². The summed E-state index contributed by atoms with van der Waals surface area (Å²) in [6, 6.07) is 4.41. The summed E-state index contributed by atoms with van der Waals surface area (Å²) in [6.07, 6.45) is -5.32. The van der Waals surface area contributed by atoms with E-state index in [2.05, 4.69) is 4.98 Å². The Hall–Kier alpha value is -3.15. The first-order valence-corrected chi connectivity index (χ1v) is 7.07. The van der Waals surface area contributed by atoms with E-state index in [4.69, 9.17) is 10.5 Å². The van der Waals surface area contributed by atoms with Gasteiger partial charge in [0.05, 0.1) is 11.1 Å². The van der Waals surface area contributed by atoms with Crippen LogP contribution in [0.1, 0.15) is 16.7 Å². The summed E-state index contributed by atoms with van der Waals surface area (Å²) < 4.78 is 47.3. The molecular formula is C16H12F3N3O3. The molecule has 25 heavy (non-hydrogen) atoms. The van der Waals surface area contributed by atoms with Crippen molar-refractivity contribution in [2.45, 2.75) is 25.4 Å². The molecule has 0 saturated heterocycles. The van der Waals surface area contributed by atoms with E-state index < -0.39 is 40.5 Å². The van der Waals surface area contributed by atoms with Gasteiger partial charge in [-0.05, 0) is 25.5 Å². The van der Waals surface area contributed by atoms with E-state index in [1.54, 1.807) is 19.9 Å². The SMILES string of the molecule is Cc1cc(C)c2[nH]c3c(c2c1)C(C(=O)O)(C(F)(F)F)C(C#N)=C(N)O3. The van der Waals surface area contributed by atoms with Crippen molar-refractivity contribution in [1.29, 1.82) is 5.26 Å². The van der Waals surface area contributed by atoms with Crippen LogP contribution in [0.4, 0.5) is 13.2 Å². The van der Waals surface area contributed by atoms with Crippen LogP contribution in [0.5, 0.6) is 5.88 Å². The molecule has 1 unspecified atom stereocenters. The van der Waals surface area contributed by atoms with Crippen LogP contribution in [0.25, 0.3) is 10.9 Å². The number of carboxylic acids is 1. The summed E-state index contributed by atoms with van der Waals surface area (Å²) >= 11 is 0. The fourth-order valence-corrected chi connectivity index (χ4v) is 3.31. The van der Waals surface area contributed by atoms with Gasteiger partial charge in [-0.2, -0.15) is 18.4 Å². The van der Waals surface area contributed by atoms with Crippen molar-refractivity contribution in [3.05, 3.63) is 40.3 Å². The number of H-pyrrole nitrogens is 1. The summed E-state index contributed by atoms with van der Waals surface area (Å²) in [7, 11) is 0. The molecule has 0 bridgehead atoms. The maximum atomic E-state index is 14.1. The molecule has 0 amide bonds. The number of rotatable bonds is 1. The average Bonchev–Trinajstić information content (AvgIpc) is 2.82. The van der Waals surface area contributed by atoms with Crippen LogP contribution in [0.3, 0.4) is 0 Å². The minimum absolute atomic E-state index is 0.0208. The van der Waals surface area contributed by atoms with E-state index in [-0.39, 0.29) is 10.9 Å². The molecule has 1 aromatic heterocycles. The lowest BCUT2D eigenvalue weighted by atomic mass is 9.72. The number of carboxylic acid groups (broad SMARTS) is 1. The highest BCUT2D eigenvalue weighted by atomic mass is 19.4. The van der Waals surface area contributed by atoms with E-state index in [9.17, 15) is 28.3 Å². The number of nitrogens with two attached hydrogens (primary N) is 1. The van der Waals surface area contributed by atoms with Gasteiger partial charge in [0.15, 0.2) is 0 Å². The monoisotopic (exact) mass is 351 g/mol. The fraction of sp³-hybridized carbons (Fsp3) is 0.250. The average molecular weight is 351 g/mol. The molecule has 1 aliphatic rings. The Morgan fingerprint density at radius 2 is 2.04 bits per heavy atom. The second-order valence-corrected chi connectivity index (χ2v) is 5.84. The van der Waals surface area contributed by atoms with Crippen molar-refractivity contribution >= 4 is 16.9 Å². The third-order valence-corrected chi connectivity index (χ3v) is 4.28. The molecule has 2 aromatic rings. The molecule has 0 saturated carbocycles. The summed E-state index contributed by atoms with van der Waals surface area (Å²) in [5, 5.41) is 18.8. The quantitative estimate of drug-likeness (QED) is 0.731. The normalized spacial score (nSPS) is 20.2. The van der Waals surface area contributed by atoms with E-state index in [1.807, 2.05) is 0 Å². The second kappa shape index (κ2) is 4.92. The van der Waals surface area contributed by atoms with E-state index in [0.29, 0.717) is 11.1 Å².